The summed E-state index contributed by atoms with van der Waals surface area (Å²) < 4.78 is 1.89. The van der Waals surface area contributed by atoms with Gasteiger partial charge in [-0.3, -0.25) is 0 Å². The lowest BCUT2D eigenvalue weighted by Crippen LogP contribution is -2.20. The van der Waals surface area contributed by atoms with Gasteiger partial charge >= 0.3 is 0 Å². The molecule has 1 aromatic heterocycles. The van der Waals surface area contributed by atoms with Crippen molar-refractivity contribution in [3.63, 3.8) is 0 Å². The standard InChI is InChI=1S/C13H17N3/c1-2-12(14)8-11-9-15-16(10-11)13-6-4-3-5-7-13/h3-7,9-10,12H,2,8,14H2,1H3. The Morgan fingerprint density at radius 2 is 2.06 bits per heavy atom. The highest BCUT2D eigenvalue weighted by Gasteiger charge is 2.04. The van der Waals surface area contributed by atoms with Crippen molar-refractivity contribution < 1.29 is 0 Å². The molecule has 0 amide bonds. The Balaban J connectivity index is 2.14. The predicted octanol–water partition coefficient (Wildman–Crippen LogP) is 2.15. The number of para-hydroxylation sites is 1. The second kappa shape index (κ2) is 4.94. The zero-order valence-corrected chi connectivity index (χ0v) is 9.50. The maximum absolute atomic E-state index is 5.92. The average molecular weight is 215 g/mol. The molecular formula is C13H17N3. The normalized spacial score (nSPS) is 12.6. The van der Waals surface area contributed by atoms with E-state index in [4.69, 9.17) is 5.73 Å². The minimum atomic E-state index is 0.230. The Morgan fingerprint density at radius 1 is 1.31 bits per heavy atom. The lowest BCUT2D eigenvalue weighted by Gasteiger charge is -2.05. The van der Waals surface area contributed by atoms with Crippen LogP contribution < -0.4 is 5.73 Å². The molecule has 0 aliphatic heterocycles. The van der Waals surface area contributed by atoms with Crippen LogP contribution in [0.1, 0.15) is 18.9 Å². The Hall–Kier alpha value is -1.61. The molecule has 2 N–H and O–H groups in total. The minimum Gasteiger partial charge on any atom is -0.327 e. The van der Waals surface area contributed by atoms with Crippen LogP contribution in [0.2, 0.25) is 0 Å². The van der Waals surface area contributed by atoms with Crippen molar-refractivity contribution in [2.45, 2.75) is 25.8 Å². The fraction of sp³-hybridized carbons (Fsp3) is 0.308. The van der Waals surface area contributed by atoms with Gasteiger partial charge in [-0.2, -0.15) is 5.10 Å². The lowest BCUT2D eigenvalue weighted by molar-refractivity contribution is 0.646. The molecule has 3 heteroatoms. The average Bonchev–Trinajstić information content (AvgIpc) is 2.78. The second-order valence-electron chi connectivity index (χ2n) is 4.00. The maximum atomic E-state index is 5.92. The van der Waals surface area contributed by atoms with Crippen LogP contribution in [0, 0.1) is 0 Å². The summed E-state index contributed by atoms with van der Waals surface area (Å²) in [6, 6.07) is 10.3. The Morgan fingerprint density at radius 3 is 2.75 bits per heavy atom. The molecule has 0 fully saturated rings. The molecule has 2 rings (SSSR count). The van der Waals surface area contributed by atoms with Crippen molar-refractivity contribution in [1.29, 1.82) is 0 Å². The van der Waals surface area contributed by atoms with Gasteiger partial charge < -0.3 is 5.73 Å². The van der Waals surface area contributed by atoms with Crippen LogP contribution in [-0.4, -0.2) is 15.8 Å². The molecule has 0 saturated heterocycles. The van der Waals surface area contributed by atoms with Crippen LogP contribution in [0.4, 0.5) is 0 Å². The first-order valence-corrected chi connectivity index (χ1v) is 5.64. The fourth-order valence-electron chi connectivity index (χ4n) is 1.63. The van der Waals surface area contributed by atoms with Crippen molar-refractivity contribution in [2.75, 3.05) is 0 Å². The molecule has 2 aromatic rings. The minimum absolute atomic E-state index is 0.230. The Bertz CT molecular complexity index is 433. The first kappa shape index (κ1) is 10.9. The third-order valence-corrected chi connectivity index (χ3v) is 2.68. The predicted molar refractivity (Wildman–Crippen MR) is 65.5 cm³/mol. The quantitative estimate of drug-likeness (QED) is 0.849. The third kappa shape index (κ3) is 2.49. The summed E-state index contributed by atoms with van der Waals surface area (Å²) in [6.45, 7) is 2.10. The number of rotatable bonds is 4. The number of hydrogen-bond donors (Lipinski definition) is 1. The molecule has 1 aromatic carbocycles. The highest BCUT2D eigenvalue weighted by Crippen LogP contribution is 2.09. The zero-order chi connectivity index (χ0) is 11.4. The van der Waals surface area contributed by atoms with Crippen molar-refractivity contribution in [1.82, 2.24) is 9.78 Å². The van der Waals surface area contributed by atoms with Crippen molar-refractivity contribution >= 4 is 0 Å². The van der Waals surface area contributed by atoms with E-state index in [2.05, 4.69) is 12.0 Å². The van der Waals surface area contributed by atoms with Crippen LogP contribution in [0.5, 0.6) is 0 Å². The monoisotopic (exact) mass is 215 g/mol. The van der Waals surface area contributed by atoms with Crippen molar-refractivity contribution in [2.24, 2.45) is 5.73 Å². The number of nitrogens with two attached hydrogens (primary N) is 1. The summed E-state index contributed by atoms with van der Waals surface area (Å²) in [7, 11) is 0. The molecule has 0 aliphatic carbocycles. The summed E-state index contributed by atoms with van der Waals surface area (Å²) in [4.78, 5) is 0. The molecule has 1 unspecified atom stereocenters. The summed E-state index contributed by atoms with van der Waals surface area (Å²) in [5, 5.41) is 4.33. The van der Waals surface area contributed by atoms with Crippen LogP contribution in [0.15, 0.2) is 42.7 Å². The van der Waals surface area contributed by atoms with Crippen LogP contribution >= 0.6 is 0 Å². The van der Waals surface area contributed by atoms with Gasteiger partial charge in [0.1, 0.15) is 0 Å². The lowest BCUT2D eigenvalue weighted by atomic mass is 10.1. The first-order chi connectivity index (χ1) is 7.79. The van der Waals surface area contributed by atoms with Crippen LogP contribution in [0.3, 0.4) is 0 Å². The molecule has 3 nitrogen and oxygen atoms in total. The summed E-state index contributed by atoms with van der Waals surface area (Å²) in [5.74, 6) is 0. The van der Waals surface area contributed by atoms with Gasteiger partial charge in [0.05, 0.1) is 11.9 Å². The van der Waals surface area contributed by atoms with E-state index >= 15 is 0 Å². The summed E-state index contributed by atoms with van der Waals surface area (Å²) in [5.41, 5.74) is 8.19. The molecule has 84 valence electrons. The number of benzene rings is 1. The van der Waals surface area contributed by atoms with E-state index in [1.54, 1.807) is 0 Å². The summed E-state index contributed by atoms with van der Waals surface area (Å²) in [6.07, 6.45) is 5.83. The van der Waals surface area contributed by atoms with Crippen molar-refractivity contribution in [3.05, 3.63) is 48.3 Å². The van der Waals surface area contributed by atoms with E-state index in [0.29, 0.717) is 0 Å². The van der Waals surface area contributed by atoms with Crippen LogP contribution in [-0.2, 0) is 6.42 Å². The highest BCUT2D eigenvalue weighted by atomic mass is 15.3. The summed E-state index contributed by atoms with van der Waals surface area (Å²) >= 11 is 0. The number of nitrogens with zero attached hydrogens (tertiary/aromatic N) is 2. The van der Waals surface area contributed by atoms with Gasteiger partial charge in [0.15, 0.2) is 0 Å². The topological polar surface area (TPSA) is 43.8 Å². The zero-order valence-electron chi connectivity index (χ0n) is 9.50. The van der Waals surface area contributed by atoms with Gasteiger partial charge in [0.2, 0.25) is 0 Å². The maximum Gasteiger partial charge on any atom is 0.0645 e. The SMILES string of the molecule is CCC(N)Cc1cnn(-c2ccccc2)c1. The number of aromatic nitrogens is 2. The van der Waals surface area contributed by atoms with Gasteiger partial charge in [-0.05, 0) is 30.5 Å². The van der Waals surface area contributed by atoms with E-state index in [-0.39, 0.29) is 6.04 Å². The Kier molecular flexibility index (Phi) is 3.37. The molecular weight excluding hydrogens is 198 g/mol. The first-order valence-electron chi connectivity index (χ1n) is 5.64. The van der Waals surface area contributed by atoms with Gasteiger partial charge in [0, 0.05) is 12.2 Å². The molecule has 0 radical (unpaired) electrons. The number of hydrogen-bond acceptors (Lipinski definition) is 2. The van der Waals surface area contributed by atoms with Gasteiger partial charge in [-0.1, -0.05) is 25.1 Å². The molecule has 1 heterocycles. The van der Waals surface area contributed by atoms with Crippen LogP contribution in [0.25, 0.3) is 5.69 Å². The third-order valence-electron chi connectivity index (χ3n) is 2.68. The smallest absolute Gasteiger partial charge is 0.0645 e. The van der Waals surface area contributed by atoms with E-state index in [9.17, 15) is 0 Å². The largest absolute Gasteiger partial charge is 0.327 e. The van der Waals surface area contributed by atoms with E-state index in [1.165, 1.54) is 5.56 Å². The van der Waals surface area contributed by atoms with E-state index in [0.717, 1.165) is 18.5 Å². The van der Waals surface area contributed by atoms with Gasteiger partial charge in [-0.15, -0.1) is 0 Å². The highest BCUT2D eigenvalue weighted by molar-refractivity contribution is 5.30. The molecule has 0 bridgehead atoms. The fourth-order valence-corrected chi connectivity index (χ4v) is 1.63. The molecule has 1 atom stereocenters. The van der Waals surface area contributed by atoms with E-state index in [1.807, 2.05) is 47.4 Å². The second-order valence-corrected chi connectivity index (χ2v) is 4.00. The molecule has 0 aliphatic rings. The van der Waals surface area contributed by atoms with E-state index < -0.39 is 0 Å². The Labute approximate surface area is 95.9 Å². The van der Waals surface area contributed by atoms with Gasteiger partial charge in [-0.25, -0.2) is 4.68 Å². The molecule has 16 heavy (non-hydrogen) atoms. The molecule has 0 saturated carbocycles. The molecule has 0 spiro atoms. The van der Waals surface area contributed by atoms with Gasteiger partial charge in [0.25, 0.3) is 0 Å². The van der Waals surface area contributed by atoms with Crippen molar-refractivity contribution in [3.8, 4) is 5.69 Å².